The van der Waals surface area contributed by atoms with Gasteiger partial charge in [0.1, 0.15) is 34.3 Å². The third kappa shape index (κ3) is 13.0. The molecule has 3 aliphatic heterocycles. The zero-order chi connectivity index (χ0) is 49.2. The first kappa shape index (κ1) is 50.8. The highest BCUT2D eigenvalue weighted by atomic mass is 35.5. The first-order valence-electron chi connectivity index (χ1n) is 23.2. The summed E-state index contributed by atoms with van der Waals surface area (Å²) in [6, 6.07) is 0.166. The van der Waals surface area contributed by atoms with Gasteiger partial charge in [-0.2, -0.15) is 0 Å². The molecule has 21 heteroatoms. The number of piperidine rings is 3. The van der Waals surface area contributed by atoms with E-state index in [1.54, 1.807) is 12.4 Å². The summed E-state index contributed by atoms with van der Waals surface area (Å²) in [5.41, 5.74) is 5.22. The van der Waals surface area contributed by atoms with Crippen LogP contribution >= 0.6 is 23.2 Å². The quantitative estimate of drug-likeness (QED) is 0.128. The summed E-state index contributed by atoms with van der Waals surface area (Å²) in [5, 5.41) is 19.7. The maximum Gasteiger partial charge on any atom is 0.225 e. The molecule has 0 saturated carbocycles. The van der Waals surface area contributed by atoms with E-state index in [4.69, 9.17) is 23.2 Å². The average molecular weight is 987 g/mol. The highest BCUT2D eigenvalue weighted by Crippen LogP contribution is 2.32. The van der Waals surface area contributed by atoms with Crippen LogP contribution in [0.2, 0.25) is 10.3 Å². The lowest BCUT2D eigenvalue weighted by Crippen LogP contribution is -2.36. The fourth-order valence-corrected chi connectivity index (χ4v) is 8.38. The van der Waals surface area contributed by atoms with Crippen molar-refractivity contribution in [3.8, 4) is 0 Å². The number of aromatic amines is 1. The number of aliphatic hydroxyl groups is 2. The van der Waals surface area contributed by atoms with Crippen molar-refractivity contribution in [2.75, 3.05) is 54.0 Å². The van der Waals surface area contributed by atoms with Gasteiger partial charge < -0.3 is 34.5 Å². The first-order chi connectivity index (χ1) is 33.2. The van der Waals surface area contributed by atoms with Crippen molar-refractivity contribution in [3.05, 3.63) is 107 Å². The van der Waals surface area contributed by atoms with Crippen LogP contribution in [-0.2, 0) is 0 Å². The van der Waals surface area contributed by atoms with E-state index in [2.05, 4.69) is 104 Å². The molecule has 7 aromatic rings. The maximum atomic E-state index is 14.3. The molecular weight excluding hydrogens is 928 g/mol. The Morgan fingerprint density at radius 2 is 1.03 bits per heavy atom. The van der Waals surface area contributed by atoms with E-state index >= 15 is 0 Å². The standard InChI is InChI=1S/C18H20ClFN6.C12H19N3O.C12H17N3O.C6H3ClFN3/c1-11(2)12-7-21-18(22-8-12)25-5-3-13(4-6-25)26-9-14(20)15-16(19)23-10-24-17(15)26;2*1-9(2)10-7-13-12(14-8-10)15-5-3-11(16)4-6-15;7-5-4-3(8)1-9-6(4)11-2-10-5/h7-11,13H,3-6H2,1-2H3;7-9,11,16H,3-6H2,1-2H3;7-8,11,16H,1,3-6H2,2H3;1-2H,(H,9,10,11). The van der Waals surface area contributed by atoms with Crippen LogP contribution in [0, 0.1) is 11.6 Å². The van der Waals surface area contributed by atoms with Gasteiger partial charge in [-0.1, -0.05) is 57.5 Å². The third-order valence-corrected chi connectivity index (χ3v) is 12.9. The van der Waals surface area contributed by atoms with Gasteiger partial charge in [-0.05, 0) is 74.0 Å². The Morgan fingerprint density at radius 3 is 1.46 bits per heavy atom. The monoisotopic (exact) mass is 985 g/mol. The Balaban J connectivity index is 0.000000143. The molecule has 10 heterocycles. The smallest absolute Gasteiger partial charge is 0.225 e. The highest BCUT2D eigenvalue weighted by molar-refractivity contribution is 6.34. The Hall–Kier alpha value is -6.02. The number of rotatable bonds is 7. The number of halogens is 4. The summed E-state index contributed by atoms with van der Waals surface area (Å²) in [7, 11) is 0. The number of hydrogen-bond acceptors (Lipinski definition) is 15. The lowest BCUT2D eigenvalue weighted by atomic mass is 10.1. The number of nitrogens with zero attached hydrogens (tertiary/aromatic N) is 14. The number of allylic oxidation sites excluding steroid dienone is 1. The lowest BCUT2D eigenvalue weighted by Gasteiger charge is -2.32. The molecule has 0 radical (unpaired) electrons. The van der Waals surface area contributed by atoms with Crippen molar-refractivity contribution in [3.63, 3.8) is 0 Å². The zero-order valence-corrected chi connectivity index (χ0v) is 41.0. The zero-order valence-electron chi connectivity index (χ0n) is 39.5. The molecule has 0 spiro atoms. The summed E-state index contributed by atoms with van der Waals surface area (Å²) in [5.74, 6) is 2.37. The molecule has 17 nitrogen and oxygen atoms in total. The molecule has 3 aliphatic rings. The minimum Gasteiger partial charge on any atom is -0.393 e. The van der Waals surface area contributed by atoms with Gasteiger partial charge in [-0.25, -0.2) is 58.6 Å². The van der Waals surface area contributed by atoms with Crippen molar-refractivity contribution in [1.29, 1.82) is 0 Å². The lowest BCUT2D eigenvalue weighted by molar-refractivity contribution is 0.144. The van der Waals surface area contributed by atoms with E-state index in [0.29, 0.717) is 28.5 Å². The molecule has 69 heavy (non-hydrogen) atoms. The van der Waals surface area contributed by atoms with Crippen LogP contribution in [0.3, 0.4) is 0 Å². The van der Waals surface area contributed by atoms with Gasteiger partial charge in [0.2, 0.25) is 17.8 Å². The molecule has 0 amide bonds. The summed E-state index contributed by atoms with van der Waals surface area (Å²) < 4.78 is 28.9. The predicted molar refractivity (Wildman–Crippen MR) is 266 cm³/mol. The Kier molecular flexibility index (Phi) is 17.3. The van der Waals surface area contributed by atoms with Crippen molar-refractivity contribution in [1.82, 2.24) is 59.4 Å². The topological polar surface area (TPSA) is 200 Å². The molecule has 0 atom stereocenters. The largest absolute Gasteiger partial charge is 0.393 e. The molecule has 7 aromatic heterocycles. The van der Waals surface area contributed by atoms with E-state index in [0.717, 1.165) is 112 Å². The first-order valence-corrected chi connectivity index (χ1v) is 23.9. The van der Waals surface area contributed by atoms with Crippen LogP contribution in [0.15, 0.2) is 68.8 Å². The molecular formula is C48H59Cl2F2N15O2. The molecule has 0 unspecified atom stereocenters. The van der Waals surface area contributed by atoms with E-state index < -0.39 is 5.82 Å². The molecule has 3 fully saturated rings. The van der Waals surface area contributed by atoms with Crippen molar-refractivity contribution < 1.29 is 19.0 Å². The van der Waals surface area contributed by atoms with E-state index in [1.165, 1.54) is 30.6 Å². The molecule has 0 aromatic carbocycles. The van der Waals surface area contributed by atoms with Crippen LogP contribution in [-0.4, -0.2) is 121 Å². The van der Waals surface area contributed by atoms with Crippen molar-refractivity contribution in [2.45, 2.75) is 103 Å². The fourth-order valence-electron chi connectivity index (χ4n) is 7.94. The minimum absolute atomic E-state index is 0.133. The Morgan fingerprint density at radius 1 is 0.609 bits per heavy atom. The number of aromatic nitrogens is 12. The molecule has 0 bridgehead atoms. The summed E-state index contributed by atoms with van der Waals surface area (Å²) in [6.45, 7) is 19.3. The number of anilines is 3. The van der Waals surface area contributed by atoms with E-state index in [9.17, 15) is 19.0 Å². The van der Waals surface area contributed by atoms with Gasteiger partial charge in [0, 0.05) is 100 Å². The van der Waals surface area contributed by atoms with Crippen LogP contribution in [0.5, 0.6) is 0 Å². The van der Waals surface area contributed by atoms with Gasteiger partial charge in [0.15, 0.2) is 11.6 Å². The molecule has 10 rings (SSSR count). The fraction of sp³-hybridized carbons (Fsp3) is 0.458. The summed E-state index contributed by atoms with van der Waals surface area (Å²) >= 11 is 11.6. The molecule has 0 aliphatic carbocycles. The van der Waals surface area contributed by atoms with E-state index in [-0.39, 0.29) is 39.8 Å². The summed E-state index contributed by atoms with van der Waals surface area (Å²) in [4.78, 5) is 50.9. The number of hydrogen-bond donors (Lipinski definition) is 3. The molecule has 366 valence electrons. The van der Waals surface area contributed by atoms with Gasteiger partial charge in [0.25, 0.3) is 0 Å². The van der Waals surface area contributed by atoms with Crippen LogP contribution < -0.4 is 14.7 Å². The Bertz CT molecular complexity index is 2740. The third-order valence-electron chi connectivity index (χ3n) is 12.3. The summed E-state index contributed by atoms with van der Waals surface area (Å²) in [6.07, 6.45) is 21.2. The average Bonchev–Trinajstić information content (AvgIpc) is 3.92. The highest BCUT2D eigenvalue weighted by Gasteiger charge is 2.26. The van der Waals surface area contributed by atoms with Gasteiger partial charge in [-0.15, -0.1) is 0 Å². The van der Waals surface area contributed by atoms with Crippen LogP contribution in [0.25, 0.3) is 27.6 Å². The van der Waals surface area contributed by atoms with Crippen LogP contribution in [0.1, 0.15) is 108 Å². The SMILES string of the molecule is C=C(C)c1cnc(N2CCC(O)CC2)nc1.CC(C)c1cnc(N2CCC(O)CC2)nc1.CC(C)c1cnc(N2CCC(n3cc(F)c4c(Cl)ncnc43)CC2)nc1.Fc1c[nH]c2ncnc(Cl)c12. The van der Waals surface area contributed by atoms with Crippen molar-refractivity contribution >= 4 is 68.7 Å². The predicted octanol–water partition coefficient (Wildman–Crippen LogP) is 8.76. The van der Waals surface area contributed by atoms with Gasteiger partial charge in [-0.3, -0.25) is 0 Å². The maximum absolute atomic E-state index is 14.3. The molecule has 3 saturated heterocycles. The number of fused-ring (bicyclic) bond motifs is 2. The number of aliphatic hydroxyl groups excluding tert-OH is 2. The van der Waals surface area contributed by atoms with Crippen LogP contribution in [0.4, 0.5) is 26.6 Å². The Labute approximate surface area is 410 Å². The van der Waals surface area contributed by atoms with Crippen molar-refractivity contribution in [2.24, 2.45) is 0 Å². The normalized spacial score (nSPS) is 16.0. The van der Waals surface area contributed by atoms with Gasteiger partial charge in [0.05, 0.1) is 23.0 Å². The number of H-pyrrole nitrogens is 1. The van der Waals surface area contributed by atoms with Gasteiger partial charge >= 0.3 is 0 Å². The number of nitrogens with one attached hydrogen (secondary N) is 1. The second-order valence-corrected chi connectivity index (χ2v) is 18.6. The van der Waals surface area contributed by atoms with E-state index in [1.807, 2.05) is 36.3 Å². The second kappa shape index (κ2) is 23.5. The minimum atomic E-state index is -0.425. The second-order valence-electron chi connectivity index (χ2n) is 17.9. The molecule has 3 N–H and O–H groups in total.